The number of nitrogens with zero attached hydrogens (tertiary/aromatic N) is 3. The van der Waals surface area contributed by atoms with Gasteiger partial charge >= 0.3 is 5.97 Å². The third-order valence-electron chi connectivity index (χ3n) is 7.17. The van der Waals surface area contributed by atoms with Crippen molar-refractivity contribution in [2.75, 3.05) is 19.6 Å². The number of carboxylic acids is 1. The Balaban J connectivity index is 1.48. The molecule has 11 heteroatoms. The van der Waals surface area contributed by atoms with Crippen molar-refractivity contribution < 1.29 is 29.7 Å². The summed E-state index contributed by atoms with van der Waals surface area (Å²) < 4.78 is 0. The number of hydrogen-bond donors (Lipinski definition) is 5. The van der Waals surface area contributed by atoms with Crippen molar-refractivity contribution in [3.63, 3.8) is 0 Å². The highest BCUT2D eigenvalue weighted by Gasteiger charge is 2.24. The molecule has 4 rings (SSSR count). The first-order valence-electron chi connectivity index (χ1n) is 14.1. The summed E-state index contributed by atoms with van der Waals surface area (Å²) in [6, 6.07) is 10.3. The first-order chi connectivity index (χ1) is 20.4. The van der Waals surface area contributed by atoms with E-state index in [4.69, 9.17) is 0 Å². The predicted molar refractivity (Wildman–Crippen MR) is 161 cm³/mol. The van der Waals surface area contributed by atoms with Gasteiger partial charge in [0.25, 0.3) is 5.91 Å². The van der Waals surface area contributed by atoms with Crippen LogP contribution >= 0.6 is 0 Å². The Bertz CT molecular complexity index is 1520. The van der Waals surface area contributed by atoms with E-state index >= 15 is 0 Å². The summed E-state index contributed by atoms with van der Waals surface area (Å²) in [5.41, 5.74) is 3.85. The number of aliphatic carboxylic acids is 1. The van der Waals surface area contributed by atoms with Crippen LogP contribution in [0.5, 0.6) is 5.75 Å². The molecule has 2 atom stereocenters. The van der Waals surface area contributed by atoms with Gasteiger partial charge in [-0.15, -0.1) is 0 Å². The molecule has 0 spiro atoms. The fraction of sp³-hybridized carbons (Fsp3) is 0.375. The summed E-state index contributed by atoms with van der Waals surface area (Å²) in [4.78, 5) is 50.3. The number of amides is 1. The molecular weight excluding hydrogens is 550 g/mol. The fourth-order valence-corrected chi connectivity index (χ4v) is 4.87. The Morgan fingerprint density at radius 3 is 2.42 bits per heavy atom. The molecule has 0 bridgehead atoms. The molecule has 1 unspecified atom stereocenters. The van der Waals surface area contributed by atoms with Crippen molar-refractivity contribution >= 4 is 23.5 Å². The normalized spacial score (nSPS) is 15.6. The molecule has 3 aromatic rings. The third-order valence-corrected chi connectivity index (χ3v) is 7.17. The van der Waals surface area contributed by atoms with E-state index in [1.165, 1.54) is 18.5 Å². The molecule has 1 aliphatic heterocycles. The van der Waals surface area contributed by atoms with Crippen LogP contribution in [0.2, 0.25) is 0 Å². The Morgan fingerprint density at radius 2 is 1.77 bits per heavy atom. The third kappa shape index (κ3) is 8.92. The molecule has 0 fully saturated rings. The molecule has 0 aliphatic carbocycles. The zero-order valence-electron chi connectivity index (χ0n) is 24.5. The highest BCUT2D eigenvalue weighted by atomic mass is 16.4. The van der Waals surface area contributed by atoms with Crippen molar-refractivity contribution in [1.82, 2.24) is 20.6 Å². The number of aromatic nitrogens is 2. The van der Waals surface area contributed by atoms with Gasteiger partial charge in [0, 0.05) is 48.8 Å². The molecule has 11 nitrogen and oxygen atoms in total. The molecule has 0 saturated carbocycles. The van der Waals surface area contributed by atoms with Crippen LogP contribution in [0.3, 0.4) is 0 Å². The lowest BCUT2D eigenvalue weighted by molar-refractivity contribution is -0.137. The predicted octanol–water partition coefficient (Wildman–Crippen LogP) is 3.00. The van der Waals surface area contributed by atoms with Crippen molar-refractivity contribution in [1.29, 1.82) is 0 Å². The van der Waals surface area contributed by atoms with E-state index < -0.39 is 23.9 Å². The summed E-state index contributed by atoms with van der Waals surface area (Å²) >= 11 is 0. The summed E-state index contributed by atoms with van der Waals surface area (Å²) in [6.07, 6.45) is 4.23. The molecule has 5 N–H and O–H groups in total. The summed E-state index contributed by atoms with van der Waals surface area (Å²) in [7, 11) is 0. The van der Waals surface area contributed by atoms with Gasteiger partial charge in [0.1, 0.15) is 17.9 Å². The first kappa shape index (κ1) is 31.3. The van der Waals surface area contributed by atoms with Crippen LogP contribution in [0.1, 0.15) is 66.6 Å². The van der Waals surface area contributed by atoms with Crippen LogP contribution < -0.4 is 10.6 Å². The number of aromatic hydroxyl groups is 1. The van der Waals surface area contributed by atoms with Crippen LogP contribution in [-0.2, 0) is 21.4 Å². The number of ketones is 1. The van der Waals surface area contributed by atoms with Gasteiger partial charge < -0.3 is 26.0 Å². The molecule has 1 amide bonds. The number of carbonyl (C=O) groups excluding carboxylic acids is 2. The molecule has 2 aromatic carbocycles. The van der Waals surface area contributed by atoms with E-state index in [-0.39, 0.29) is 48.4 Å². The topological polar surface area (TPSA) is 174 Å². The number of aliphatic imine (C=N–C) groups is 1. The van der Waals surface area contributed by atoms with Crippen LogP contribution in [-0.4, -0.2) is 74.5 Å². The average Bonchev–Trinajstić information content (AvgIpc) is 2.96. The molecule has 226 valence electrons. The van der Waals surface area contributed by atoms with Crippen molar-refractivity contribution in [3.8, 4) is 16.9 Å². The van der Waals surface area contributed by atoms with Gasteiger partial charge in [-0.3, -0.25) is 19.4 Å². The number of phenolic OH excluding ortho intramolecular Hbond substituents is 1. The monoisotopic (exact) mass is 587 g/mol. The lowest BCUT2D eigenvalue weighted by Crippen LogP contribution is -2.39. The van der Waals surface area contributed by atoms with Gasteiger partial charge in [0.05, 0.1) is 25.6 Å². The number of carboxylic acid groups (broad SMARTS) is 1. The highest BCUT2D eigenvalue weighted by Crippen LogP contribution is 2.34. The largest absolute Gasteiger partial charge is 0.508 e. The molecule has 0 radical (unpaired) electrons. The second-order valence-electron chi connectivity index (χ2n) is 11.8. The second-order valence-corrected chi connectivity index (χ2v) is 11.8. The zero-order valence-corrected chi connectivity index (χ0v) is 24.5. The number of benzene rings is 2. The molecule has 2 heterocycles. The Hall–Kier alpha value is -4.64. The summed E-state index contributed by atoms with van der Waals surface area (Å²) in [5, 5.41) is 35.1. The van der Waals surface area contributed by atoms with Gasteiger partial charge in [-0.2, -0.15) is 0 Å². The van der Waals surface area contributed by atoms with Crippen LogP contribution in [0, 0.1) is 0 Å². The number of aliphatic hydroxyl groups is 1. The van der Waals surface area contributed by atoms with E-state index in [1.54, 1.807) is 18.5 Å². The average molecular weight is 588 g/mol. The SMILES string of the molecule is CC(C)(C)c1cc(-c2cncnc2)cc([C@H](CC(=O)O)CC(=O)CNC(=O)c2cc(O)cc(CC3=NCC(O)CN3)c2)c1. The smallest absolute Gasteiger partial charge is 0.303 e. The number of carbonyl (C=O) groups is 3. The number of rotatable bonds is 11. The van der Waals surface area contributed by atoms with Crippen LogP contribution in [0.15, 0.2) is 60.1 Å². The van der Waals surface area contributed by atoms with E-state index in [0.29, 0.717) is 29.9 Å². The maximum atomic E-state index is 13.1. The second kappa shape index (κ2) is 13.6. The van der Waals surface area contributed by atoms with Crippen molar-refractivity contribution in [2.24, 2.45) is 4.99 Å². The standard InChI is InChI=1S/C32H37N5O6/c1-32(2,3)25-8-20(7-21(9-25)24-13-33-18-34-14-24)22(12-30(41)42)10-27(39)15-37-31(43)23-4-19(5-26(38)11-23)6-29-35-16-28(40)17-36-29/h4-5,7-9,11,13-14,18,22,28,38,40H,6,10,12,15-17H2,1-3H3,(H,35,36)(H,37,43)(H,41,42)/t22-/m0/s1. The van der Waals surface area contributed by atoms with E-state index in [1.807, 2.05) is 18.2 Å². The van der Waals surface area contributed by atoms with Crippen molar-refractivity contribution in [2.45, 2.75) is 57.5 Å². The minimum atomic E-state index is -1.04. The van der Waals surface area contributed by atoms with Gasteiger partial charge in [-0.1, -0.05) is 39.0 Å². The van der Waals surface area contributed by atoms with Gasteiger partial charge in [0.15, 0.2) is 5.78 Å². The van der Waals surface area contributed by atoms with Gasteiger partial charge in [-0.25, -0.2) is 9.97 Å². The molecule has 43 heavy (non-hydrogen) atoms. The Labute approximate surface area is 250 Å². The zero-order chi connectivity index (χ0) is 31.1. The quantitative estimate of drug-likeness (QED) is 0.226. The maximum absolute atomic E-state index is 13.1. The van der Waals surface area contributed by atoms with E-state index in [9.17, 15) is 29.7 Å². The highest BCUT2D eigenvalue weighted by molar-refractivity contribution is 5.97. The first-order valence-corrected chi connectivity index (χ1v) is 14.1. The number of amidine groups is 1. The van der Waals surface area contributed by atoms with Gasteiger partial charge in [-0.05, 0) is 45.9 Å². The molecular formula is C32H37N5O6. The number of Topliss-reactive ketones (excluding diaryl/α,β-unsaturated/α-hetero) is 1. The number of β-amino-alcohol motifs (C(OH)–C–C–N with tert-alkyl or cyclic N) is 1. The number of aliphatic hydroxyl groups excluding tert-OH is 1. The van der Waals surface area contributed by atoms with Gasteiger partial charge in [0.2, 0.25) is 0 Å². The summed E-state index contributed by atoms with van der Waals surface area (Å²) in [6.45, 7) is 6.52. The minimum absolute atomic E-state index is 0.0897. The van der Waals surface area contributed by atoms with Crippen LogP contribution in [0.4, 0.5) is 0 Å². The van der Waals surface area contributed by atoms with E-state index in [2.05, 4.69) is 46.4 Å². The molecule has 1 aromatic heterocycles. The van der Waals surface area contributed by atoms with Crippen LogP contribution in [0.25, 0.3) is 11.1 Å². The van der Waals surface area contributed by atoms with E-state index in [0.717, 1.165) is 16.7 Å². The minimum Gasteiger partial charge on any atom is -0.508 e. The Morgan fingerprint density at radius 1 is 1.02 bits per heavy atom. The summed E-state index contributed by atoms with van der Waals surface area (Å²) in [5.74, 6) is -2.00. The fourth-order valence-electron chi connectivity index (χ4n) is 4.87. The van der Waals surface area contributed by atoms with Crippen molar-refractivity contribution in [3.05, 3.63) is 77.4 Å². The maximum Gasteiger partial charge on any atom is 0.303 e. The molecule has 1 aliphatic rings. The Kier molecular flexibility index (Phi) is 9.87. The number of nitrogens with one attached hydrogen (secondary N) is 2. The number of hydrogen-bond acceptors (Lipinski definition) is 9. The number of phenols is 1. The lowest BCUT2D eigenvalue weighted by Gasteiger charge is -2.24. The molecule has 0 saturated heterocycles. The lowest BCUT2D eigenvalue weighted by atomic mass is 9.81.